The molecule has 0 radical (unpaired) electrons. The van der Waals surface area contributed by atoms with Crippen molar-refractivity contribution >= 4 is 17.4 Å². The number of benzene rings is 1. The summed E-state index contributed by atoms with van der Waals surface area (Å²) in [6, 6.07) is 9.26. The summed E-state index contributed by atoms with van der Waals surface area (Å²) >= 11 is 5.96. The maximum absolute atomic E-state index is 12.4. The van der Waals surface area contributed by atoms with Gasteiger partial charge in [-0.25, -0.2) is 4.98 Å². The summed E-state index contributed by atoms with van der Waals surface area (Å²) in [4.78, 5) is 17.1. The predicted octanol–water partition coefficient (Wildman–Crippen LogP) is 4.32. The van der Waals surface area contributed by atoms with E-state index in [0.29, 0.717) is 10.9 Å². The molecule has 1 aliphatic carbocycles. The summed E-state index contributed by atoms with van der Waals surface area (Å²) in [5, 5.41) is 0.694. The topological polar surface area (TPSA) is 39.3 Å². The van der Waals surface area contributed by atoms with Crippen LogP contribution in [0.2, 0.25) is 5.02 Å². The SMILES string of the molecule is Cc1cc(=O)n2cc(-c3ccc(Cl)cc3)nc2n1CC1CCCC1. The molecule has 1 saturated carbocycles. The van der Waals surface area contributed by atoms with Crippen LogP contribution in [0.3, 0.4) is 0 Å². The molecule has 0 spiro atoms. The first-order valence-corrected chi connectivity index (χ1v) is 8.85. The van der Waals surface area contributed by atoms with Crippen LogP contribution in [0.15, 0.2) is 41.3 Å². The van der Waals surface area contributed by atoms with Crippen molar-refractivity contribution in [3.8, 4) is 11.3 Å². The van der Waals surface area contributed by atoms with E-state index in [1.165, 1.54) is 25.7 Å². The van der Waals surface area contributed by atoms with E-state index in [0.717, 1.165) is 29.3 Å². The van der Waals surface area contributed by atoms with Gasteiger partial charge < -0.3 is 4.57 Å². The Morgan fingerprint density at radius 2 is 1.92 bits per heavy atom. The molecular formula is C19H20ClN3O. The van der Waals surface area contributed by atoms with Crippen molar-refractivity contribution in [1.29, 1.82) is 0 Å². The van der Waals surface area contributed by atoms with Crippen LogP contribution in [0.4, 0.5) is 0 Å². The number of aromatic nitrogens is 3. The lowest BCUT2D eigenvalue weighted by atomic mass is 10.1. The highest BCUT2D eigenvalue weighted by atomic mass is 35.5. The summed E-state index contributed by atoms with van der Waals surface area (Å²) in [6.45, 7) is 2.93. The Hall–Kier alpha value is -2.07. The Labute approximate surface area is 145 Å². The van der Waals surface area contributed by atoms with Gasteiger partial charge in [-0.15, -0.1) is 0 Å². The molecule has 5 heteroatoms. The number of halogens is 1. The normalized spacial score (nSPS) is 15.4. The highest BCUT2D eigenvalue weighted by molar-refractivity contribution is 6.30. The number of hydrogen-bond acceptors (Lipinski definition) is 2. The Bertz CT molecular complexity index is 934. The van der Waals surface area contributed by atoms with E-state index in [1.807, 2.05) is 37.4 Å². The minimum Gasteiger partial charge on any atom is -0.315 e. The lowest BCUT2D eigenvalue weighted by molar-refractivity contribution is 0.453. The van der Waals surface area contributed by atoms with Crippen LogP contribution in [-0.4, -0.2) is 14.0 Å². The van der Waals surface area contributed by atoms with E-state index in [1.54, 1.807) is 10.5 Å². The van der Waals surface area contributed by atoms with Crippen molar-refractivity contribution in [1.82, 2.24) is 14.0 Å². The third-order valence-electron chi connectivity index (χ3n) is 4.98. The molecule has 2 heterocycles. The molecular weight excluding hydrogens is 322 g/mol. The summed E-state index contributed by atoms with van der Waals surface area (Å²) < 4.78 is 3.85. The van der Waals surface area contributed by atoms with Crippen molar-refractivity contribution in [2.75, 3.05) is 0 Å². The second-order valence-corrected chi connectivity index (χ2v) is 7.12. The Morgan fingerprint density at radius 3 is 2.62 bits per heavy atom. The van der Waals surface area contributed by atoms with Crippen LogP contribution in [0.1, 0.15) is 31.4 Å². The smallest absolute Gasteiger partial charge is 0.259 e. The van der Waals surface area contributed by atoms with Gasteiger partial charge in [0.05, 0.1) is 5.69 Å². The monoisotopic (exact) mass is 341 g/mol. The fourth-order valence-corrected chi connectivity index (χ4v) is 3.77. The van der Waals surface area contributed by atoms with E-state index in [2.05, 4.69) is 4.57 Å². The third-order valence-corrected chi connectivity index (χ3v) is 5.23. The minimum atomic E-state index is -0.0297. The molecule has 4 rings (SSSR count). The molecule has 0 amide bonds. The van der Waals surface area contributed by atoms with Crippen LogP contribution in [-0.2, 0) is 6.54 Å². The van der Waals surface area contributed by atoms with Gasteiger partial charge in [0.15, 0.2) is 0 Å². The summed E-state index contributed by atoms with van der Waals surface area (Å²) in [7, 11) is 0. The van der Waals surface area contributed by atoms with Gasteiger partial charge in [-0.05, 0) is 37.8 Å². The fourth-order valence-electron chi connectivity index (χ4n) is 3.64. The van der Waals surface area contributed by atoms with Crippen LogP contribution in [0, 0.1) is 12.8 Å². The molecule has 0 atom stereocenters. The maximum atomic E-state index is 12.4. The number of hydrogen-bond donors (Lipinski definition) is 0. The second kappa shape index (κ2) is 6.10. The van der Waals surface area contributed by atoms with E-state index in [-0.39, 0.29) is 5.56 Å². The first-order valence-electron chi connectivity index (χ1n) is 8.47. The van der Waals surface area contributed by atoms with Gasteiger partial charge in [0.25, 0.3) is 5.56 Å². The van der Waals surface area contributed by atoms with Gasteiger partial charge in [0.1, 0.15) is 0 Å². The summed E-state index contributed by atoms with van der Waals surface area (Å²) in [6.07, 6.45) is 6.98. The van der Waals surface area contributed by atoms with Crippen molar-refractivity contribution in [2.24, 2.45) is 5.92 Å². The van der Waals surface area contributed by atoms with Crippen LogP contribution in [0.25, 0.3) is 17.0 Å². The zero-order chi connectivity index (χ0) is 16.7. The highest BCUT2D eigenvalue weighted by Crippen LogP contribution is 2.27. The van der Waals surface area contributed by atoms with Crippen LogP contribution in [0.5, 0.6) is 0 Å². The second-order valence-electron chi connectivity index (χ2n) is 6.69. The summed E-state index contributed by atoms with van der Waals surface area (Å²) in [5.74, 6) is 1.42. The first-order chi connectivity index (χ1) is 11.6. The molecule has 3 aromatic rings. The number of aryl methyl sites for hydroxylation is 1. The standard InChI is InChI=1S/C19H20ClN3O/c1-13-10-18(24)23-12-17(15-6-8-16(20)9-7-15)21-19(23)22(13)11-14-4-2-3-5-14/h6-10,12,14H,2-5,11H2,1H3. The van der Waals surface area contributed by atoms with Crippen LogP contribution < -0.4 is 5.56 Å². The Balaban J connectivity index is 1.83. The van der Waals surface area contributed by atoms with Gasteiger partial charge in [0.2, 0.25) is 5.78 Å². The van der Waals surface area contributed by atoms with Gasteiger partial charge in [-0.3, -0.25) is 9.20 Å². The number of fused-ring (bicyclic) bond motifs is 1. The first kappa shape index (κ1) is 15.5. The van der Waals surface area contributed by atoms with Gasteiger partial charge in [-0.1, -0.05) is 36.6 Å². The number of rotatable bonds is 3. The van der Waals surface area contributed by atoms with E-state index in [4.69, 9.17) is 16.6 Å². The van der Waals surface area contributed by atoms with Crippen molar-refractivity contribution in [3.05, 3.63) is 57.6 Å². The number of imidazole rings is 1. The number of nitrogens with zero attached hydrogens (tertiary/aromatic N) is 3. The fraction of sp³-hybridized carbons (Fsp3) is 0.368. The molecule has 4 nitrogen and oxygen atoms in total. The van der Waals surface area contributed by atoms with Crippen molar-refractivity contribution in [3.63, 3.8) is 0 Å². The van der Waals surface area contributed by atoms with Crippen LogP contribution >= 0.6 is 11.6 Å². The lowest BCUT2D eigenvalue weighted by Gasteiger charge is -2.16. The zero-order valence-corrected chi connectivity index (χ0v) is 14.5. The molecule has 0 N–H and O–H groups in total. The molecule has 0 bridgehead atoms. The van der Waals surface area contributed by atoms with Crippen molar-refractivity contribution in [2.45, 2.75) is 39.2 Å². The molecule has 124 valence electrons. The minimum absolute atomic E-state index is 0.0297. The predicted molar refractivity (Wildman–Crippen MR) is 96.6 cm³/mol. The molecule has 1 aliphatic rings. The quantitative estimate of drug-likeness (QED) is 0.712. The Morgan fingerprint density at radius 1 is 1.21 bits per heavy atom. The van der Waals surface area contributed by atoms with Gasteiger partial charge in [-0.2, -0.15) is 0 Å². The van der Waals surface area contributed by atoms with Crippen molar-refractivity contribution < 1.29 is 0 Å². The Kier molecular flexibility index (Phi) is 3.93. The van der Waals surface area contributed by atoms with Gasteiger partial charge >= 0.3 is 0 Å². The molecule has 0 saturated heterocycles. The molecule has 24 heavy (non-hydrogen) atoms. The van der Waals surface area contributed by atoms with E-state index >= 15 is 0 Å². The summed E-state index contributed by atoms with van der Waals surface area (Å²) in [5.41, 5.74) is 2.72. The zero-order valence-electron chi connectivity index (χ0n) is 13.7. The van der Waals surface area contributed by atoms with Gasteiger partial charge in [0, 0.05) is 35.1 Å². The molecule has 2 aromatic heterocycles. The molecule has 0 aliphatic heterocycles. The lowest BCUT2D eigenvalue weighted by Crippen LogP contribution is -2.21. The molecule has 1 fully saturated rings. The highest BCUT2D eigenvalue weighted by Gasteiger charge is 2.19. The average Bonchev–Trinajstić information content (AvgIpc) is 3.22. The average molecular weight is 342 g/mol. The molecule has 0 unspecified atom stereocenters. The van der Waals surface area contributed by atoms with E-state index in [9.17, 15) is 4.79 Å². The molecule has 1 aromatic carbocycles. The van der Waals surface area contributed by atoms with E-state index < -0.39 is 0 Å². The third kappa shape index (κ3) is 2.75. The maximum Gasteiger partial charge on any atom is 0.259 e. The largest absolute Gasteiger partial charge is 0.315 e.